The maximum absolute atomic E-state index is 13.1. The van der Waals surface area contributed by atoms with Crippen LogP contribution in [0.5, 0.6) is 0 Å². The summed E-state index contributed by atoms with van der Waals surface area (Å²) in [7, 11) is 1.72. The number of aliphatic imine (C=N–C) groups is 1. The van der Waals surface area contributed by atoms with Gasteiger partial charge >= 0.3 is 0 Å². The summed E-state index contributed by atoms with van der Waals surface area (Å²) >= 11 is 18.1. The summed E-state index contributed by atoms with van der Waals surface area (Å²) in [6, 6.07) is 12.8. The molecule has 1 saturated carbocycles. The lowest BCUT2D eigenvalue weighted by Gasteiger charge is -2.22. The van der Waals surface area contributed by atoms with Crippen LogP contribution in [0.1, 0.15) is 24.0 Å². The van der Waals surface area contributed by atoms with Crippen molar-refractivity contribution in [3.8, 4) is 0 Å². The number of benzene rings is 2. The SMILES string of the molecule is CN1C(=O)C(NC(=S)NCC2CC2)N=C(c2ccccc2Cl)c2cc(Cl)ccc21. The van der Waals surface area contributed by atoms with Crippen LogP contribution in [0, 0.1) is 5.92 Å². The fourth-order valence-electron chi connectivity index (χ4n) is 3.24. The van der Waals surface area contributed by atoms with Gasteiger partial charge in [-0.2, -0.15) is 0 Å². The molecule has 1 atom stereocenters. The Hall–Kier alpha value is -2.15. The van der Waals surface area contributed by atoms with E-state index < -0.39 is 6.17 Å². The molecule has 0 aromatic heterocycles. The highest BCUT2D eigenvalue weighted by Crippen LogP contribution is 2.32. The number of likely N-dealkylation sites (N-methyl/N-ethyl adjacent to an activating group) is 1. The van der Waals surface area contributed by atoms with Gasteiger partial charge in [0, 0.05) is 34.8 Å². The van der Waals surface area contributed by atoms with Crippen LogP contribution < -0.4 is 15.5 Å². The first-order chi connectivity index (χ1) is 13.9. The maximum atomic E-state index is 13.1. The number of hydrogen-bond acceptors (Lipinski definition) is 3. The molecule has 1 aliphatic heterocycles. The van der Waals surface area contributed by atoms with E-state index in [-0.39, 0.29) is 5.91 Å². The van der Waals surface area contributed by atoms with Gasteiger partial charge in [-0.05, 0) is 55.2 Å². The standard InChI is InChI=1S/C21H20Cl2N4OS/c1-27-17-9-8-13(22)10-15(17)18(14-4-2-3-5-16(14)23)25-19(20(27)28)26-21(29)24-11-12-6-7-12/h2-5,8-10,12,19H,6-7,11H2,1H3,(H2,24,26,29). The van der Waals surface area contributed by atoms with Crippen molar-refractivity contribution in [3.63, 3.8) is 0 Å². The Morgan fingerprint density at radius 1 is 1.21 bits per heavy atom. The van der Waals surface area contributed by atoms with Crippen molar-refractivity contribution in [3.05, 3.63) is 63.6 Å². The van der Waals surface area contributed by atoms with E-state index in [0.29, 0.717) is 32.5 Å². The number of nitrogens with one attached hydrogen (secondary N) is 2. The molecule has 1 fully saturated rings. The van der Waals surface area contributed by atoms with E-state index in [2.05, 4.69) is 10.6 Å². The number of halogens is 2. The lowest BCUT2D eigenvalue weighted by Crippen LogP contribution is -2.49. The number of benzodiazepines with no additional fused rings is 1. The summed E-state index contributed by atoms with van der Waals surface area (Å²) in [6.45, 7) is 0.805. The van der Waals surface area contributed by atoms with Crippen molar-refractivity contribution in [2.24, 2.45) is 10.9 Å². The number of amides is 1. The van der Waals surface area contributed by atoms with Gasteiger partial charge in [-0.1, -0.05) is 41.4 Å². The Labute approximate surface area is 185 Å². The molecule has 1 heterocycles. The molecule has 2 N–H and O–H groups in total. The molecule has 0 bridgehead atoms. The summed E-state index contributed by atoms with van der Waals surface area (Å²) in [4.78, 5) is 19.5. The molecule has 0 saturated heterocycles. The quantitative estimate of drug-likeness (QED) is 0.696. The van der Waals surface area contributed by atoms with Crippen LogP contribution in [-0.2, 0) is 4.79 Å². The Morgan fingerprint density at radius 3 is 2.69 bits per heavy atom. The average Bonchev–Trinajstić information content (AvgIpc) is 3.54. The van der Waals surface area contributed by atoms with E-state index in [0.717, 1.165) is 17.7 Å². The molecule has 29 heavy (non-hydrogen) atoms. The number of carbonyl (C=O) groups is 1. The summed E-state index contributed by atoms with van der Waals surface area (Å²) in [5.41, 5.74) is 2.76. The van der Waals surface area contributed by atoms with Gasteiger partial charge in [-0.15, -0.1) is 0 Å². The maximum Gasteiger partial charge on any atom is 0.272 e. The lowest BCUT2D eigenvalue weighted by molar-refractivity contribution is -0.119. The number of fused-ring (bicyclic) bond motifs is 1. The van der Waals surface area contributed by atoms with Gasteiger partial charge in [-0.3, -0.25) is 4.79 Å². The zero-order valence-electron chi connectivity index (χ0n) is 15.8. The molecule has 0 radical (unpaired) electrons. The molecule has 150 valence electrons. The molecule has 0 spiro atoms. The fraction of sp³-hybridized carbons (Fsp3) is 0.286. The number of hydrogen-bond donors (Lipinski definition) is 2. The van der Waals surface area contributed by atoms with Gasteiger partial charge in [-0.25, -0.2) is 4.99 Å². The minimum Gasteiger partial charge on any atom is -0.362 e. The van der Waals surface area contributed by atoms with Crippen LogP contribution in [0.4, 0.5) is 5.69 Å². The zero-order valence-corrected chi connectivity index (χ0v) is 18.1. The normalized spacial score (nSPS) is 18.6. The molecular weight excluding hydrogens is 427 g/mol. The molecule has 5 nitrogen and oxygen atoms in total. The molecule has 4 rings (SSSR count). The predicted molar refractivity (Wildman–Crippen MR) is 122 cm³/mol. The second-order valence-corrected chi connectivity index (χ2v) is 8.47. The smallest absolute Gasteiger partial charge is 0.272 e. The van der Waals surface area contributed by atoms with Crippen molar-refractivity contribution < 1.29 is 4.79 Å². The first kappa shape index (κ1) is 20.1. The molecule has 8 heteroatoms. The lowest BCUT2D eigenvalue weighted by atomic mass is 10.00. The summed E-state index contributed by atoms with van der Waals surface area (Å²) < 4.78 is 0. The van der Waals surface area contributed by atoms with E-state index >= 15 is 0 Å². The van der Waals surface area contributed by atoms with E-state index in [1.165, 1.54) is 12.8 Å². The highest BCUT2D eigenvalue weighted by Gasteiger charge is 2.31. The van der Waals surface area contributed by atoms with Crippen LogP contribution >= 0.6 is 35.4 Å². The molecule has 1 unspecified atom stereocenters. The number of carbonyl (C=O) groups excluding carboxylic acids is 1. The largest absolute Gasteiger partial charge is 0.362 e. The second kappa shape index (κ2) is 8.30. The molecule has 1 amide bonds. The van der Waals surface area contributed by atoms with Crippen molar-refractivity contribution in [1.82, 2.24) is 10.6 Å². The van der Waals surface area contributed by atoms with E-state index in [4.69, 9.17) is 40.4 Å². The van der Waals surface area contributed by atoms with Gasteiger partial charge in [0.1, 0.15) is 0 Å². The Bertz CT molecular complexity index is 1010. The Morgan fingerprint density at radius 2 is 1.97 bits per heavy atom. The number of nitrogens with zero attached hydrogens (tertiary/aromatic N) is 2. The van der Waals surface area contributed by atoms with Crippen molar-refractivity contribution in [2.75, 3.05) is 18.5 Å². The van der Waals surface area contributed by atoms with Gasteiger partial charge < -0.3 is 15.5 Å². The second-order valence-electron chi connectivity index (χ2n) is 7.22. The summed E-state index contributed by atoms with van der Waals surface area (Å²) in [5, 5.41) is 7.74. The van der Waals surface area contributed by atoms with Crippen LogP contribution in [0.25, 0.3) is 0 Å². The zero-order chi connectivity index (χ0) is 20.5. The third kappa shape index (κ3) is 4.39. The van der Waals surface area contributed by atoms with Crippen LogP contribution in [0.2, 0.25) is 10.0 Å². The summed E-state index contributed by atoms with van der Waals surface area (Å²) in [6.07, 6.45) is 1.55. The first-order valence-electron chi connectivity index (χ1n) is 9.38. The third-order valence-corrected chi connectivity index (χ3v) is 5.87. The van der Waals surface area contributed by atoms with Gasteiger partial charge in [0.15, 0.2) is 5.11 Å². The number of thiocarbonyl (C=S) groups is 1. The Balaban J connectivity index is 1.75. The topological polar surface area (TPSA) is 56.7 Å². The van der Waals surface area contributed by atoms with E-state index in [9.17, 15) is 4.79 Å². The Kier molecular flexibility index (Phi) is 5.76. The molecule has 1 aliphatic carbocycles. The molecule has 2 aromatic rings. The van der Waals surface area contributed by atoms with Gasteiger partial charge in [0.05, 0.1) is 11.4 Å². The summed E-state index contributed by atoms with van der Waals surface area (Å²) in [5.74, 6) is 0.446. The van der Waals surface area contributed by atoms with E-state index in [1.54, 1.807) is 30.1 Å². The van der Waals surface area contributed by atoms with Gasteiger partial charge in [0.2, 0.25) is 6.17 Å². The van der Waals surface area contributed by atoms with Gasteiger partial charge in [0.25, 0.3) is 5.91 Å². The minimum absolute atomic E-state index is 0.216. The molecular formula is C21H20Cl2N4OS. The van der Waals surface area contributed by atoms with Crippen molar-refractivity contribution >= 4 is 57.8 Å². The van der Waals surface area contributed by atoms with Crippen LogP contribution in [0.3, 0.4) is 0 Å². The van der Waals surface area contributed by atoms with Crippen LogP contribution in [0.15, 0.2) is 47.5 Å². The van der Waals surface area contributed by atoms with Crippen LogP contribution in [-0.4, -0.2) is 36.5 Å². The fourth-order valence-corrected chi connectivity index (χ4v) is 3.83. The van der Waals surface area contributed by atoms with Crippen molar-refractivity contribution in [1.29, 1.82) is 0 Å². The number of rotatable bonds is 4. The predicted octanol–water partition coefficient (Wildman–Crippen LogP) is 4.01. The monoisotopic (exact) mass is 446 g/mol. The third-order valence-electron chi connectivity index (χ3n) is 5.04. The first-order valence-corrected chi connectivity index (χ1v) is 10.5. The highest BCUT2D eigenvalue weighted by molar-refractivity contribution is 7.80. The minimum atomic E-state index is -0.878. The average molecular weight is 447 g/mol. The van der Waals surface area contributed by atoms with E-state index in [1.807, 2.05) is 24.3 Å². The number of anilines is 1. The molecule has 2 aromatic carbocycles. The van der Waals surface area contributed by atoms with Crippen molar-refractivity contribution in [2.45, 2.75) is 19.0 Å². The highest BCUT2D eigenvalue weighted by atomic mass is 35.5. The molecule has 2 aliphatic rings.